The van der Waals surface area contributed by atoms with Crippen LogP contribution >= 0.6 is 0 Å². The van der Waals surface area contributed by atoms with Gasteiger partial charge in [-0.3, -0.25) is 16.2 Å². The van der Waals surface area contributed by atoms with Crippen molar-refractivity contribution in [2.75, 3.05) is 85.1 Å². The summed E-state index contributed by atoms with van der Waals surface area (Å²) in [5.41, 5.74) is 2.69. The average Bonchev–Trinajstić information content (AvgIpc) is 2.64. The molecule has 0 heterocycles. The third kappa shape index (κ3) is 19.1. The van der Waals surface area contributed by atoms with Gasteiger partial charge in [0.25, 0.3) is 0 Å². The standard InChI is InChI=1S/C21H51N7/c1-6-7-23-10-13-27(14-12-25-18-20(2)3)16-17-28(19-21(4)5)15-11-24-8-9-26-22/h20-21,23-26H,6-19,22H2,1-5H3. The maximum atomic E-state index is 5.33. The molecule has 0 bridgehead atoms. The van der Waals surface area contributed by atoms with Crippen molar-refractivity contribution in [3.8, 4) is 0 Å². The number of nitrogens with zero attached hydrogens (tertiary/aromatic N) is 2. The zero-order valence-corrected chi connectivity index (χ0v) is 19.5. The van der Waals surface area contributed by atoms with Gasteiger partial charge >= 0.3 is 0 Å². The van der Waals surface area contributed by atoms with Crippen LogP contribution in [0.1, 0.15) is 41.0 Å². The molecule has 0 aromatic heterocycles. The monoisotopic (exact) mass is 401 g/mol. The van der Waals surface area contributed by atoms with E-state index in [1.54, 1.807) is 0 Å². The molecule has 0 saturated heterocycles. The molecule has 0 aromatic rings. The van der Waals surface area contributed by atoms with Gasteiger partial charge in [-0.2, -0.15) is 0 Å². The van der Waals surface area contributed by atoms with Gasteiger partial charge in [-0.15, -0.1) is 0 Å². The normalized spacial score (nSPS) is 12.2. The number of rotatable bonds is 21. The fraction of sp³-hybridized carbons (Fsp3) is 1.00. The van der Waals surface area contributed by atoms with E-state index in [1.807, 2.05) is 0 Å². The summed E-state index contributed by atoms with van der Waals surface area (Å²) in [6.07, 6.45) is 1.20. The highest BCUT2D eigenvalue weighted by Crippen LogP contribution is 1.99. The van der Waals surface area contributed by atoms with Gasteiger partial charge in [0, 0.05) is 72.0 Å². The molecule has 0 rings (SSSR count). The van der Waals surface area contributed by atoms with Crippen LogP contribution in [0.2, 0.25) is 0 Å². The van der Waals surface area contributed by atoms with Crippen molar-refractivity contribution in [1.29, 1.82) is 0 Å². The van der Waals surface area contributed by atoms with Crippen molar-refractivity contribution in [3.63, 3.8) is 0 Å². The van der Waals surface area contributed by atoms with Crippen LogP contribution in [0.25, 0.3) is 0 Å². The highest BCUT2D eigenvalue weighted by atomic mass is 15.2. The molecule has 28 heavy (non-hydrogen) atoms. The number of nitrogens with one attached hydrogen (secondary N) is 4. The minimum Gasteiger partial charge on any atom is -0.315 e. The summed E-state index contributed by atoms with van der Waals surface area (Å²) in [4.78, 5) is 5.21. The Balaban J connectivity index is 4.34. The largest absolute Gasteiger partial charge is 0.315 e. The summed E-state index contributed by atoms with van der Waals surface area (Å²) in [6.45, 7) is 25.2. The number of nitrogens with two attached hydrogens (primary N) is 1. The Bertz CT molecular complexity index is 313. The van der Waals surface area contributed by atoms with E-state index in [9.17, 15) is 0 Å². The number of hydrogen-bond acceptors (Lipinski definition) is 7. The molecule has 0 saturated carbocycles. The fourth-order valence-corrected chi connectivity index (χ4v) is 3.12. The maximum Gasteiger partial charge on any atom is 0.0223 e. The van der Waals surface area contributed by atoms with Crippen molar-refractivity contribution in [1.82, 2.24) is 31.2 Å². The van der Waals surface area contributed by atoms with E-state index in [0.717, 1.165) is 85.1 Å². The molecule has 7 heteroatoms. The van der Waals surface area contributed by atoms with Crippen molar-refractivity contribution in [2.45, 2.75) is 41.0 Å². The first-order valence-corrected chi connectivity index (χ1v) is 11.5. The molecule has 0 aliphatic rings. The lowest BCUT2D eigenvalue weighted by Gasteiger charge is -2.29. The third-order valence-corrected chi connectivity index (χ3v) is 4.60. The van der Waals surface area contributed by atoms with Crippen LogP contribution < -0.4 is 27.2 Å². The van der Waals surface area contributed by atoms with E-state index in [0.29, 0.717) is 11.8 Å². The van der Waals surface area contributed by atoms with Crippen LogP contribution in [0.15, 0.2) is 0 Å². The second-order valence-electron chi connectivity index (χ2n) is 8.59. The first-order valence-electron chi connectivity index (χ1n) is 11.5. The SMILES string of the molecule is CCCNCCN(CCNCC(C)C)CCN(CCNCCNN)CC(C)C. The Morgan fingerprint density at radius 2 is 1.21 bits per heavy atom. The van der Waals surface area contributed by atoms with Gasteiger partial charge in [-0.05, 0) is 31.3 Å². The minimum atomic E-state index is 0.693. The second kappa shape index (κ2) is 20.0. The van der Waals surface area contributed by atoms with Gasteiger partial charge in [0.15, 0.2) is 0 Å². The summed E-state index contributed by atoms with van der Waals surface area (Å²) in [5.74, 6) is 6.73. The molecule has 0 radical (unpaired) electrons. The molecule has 0 aliphatic carbocycles. The molecule has 0 fully saturated rings. The second-order valence-corrected chi connectivity index (χ2v) is 8.59. The van der Waals surface area contributed by atoms with Gasteiger partial charge < -0.3 is 20.9 Å². The molecule has 0 unspecified atom stereocenters. The van der Waals surface area contributed by atoms with Crippen LogP contribution in [-0.2, 0) is 0 Å². The summed E-state index contributed by atoms with van der Waals surface area (Å²) in [7, 11) is 0. The predicted molar refractivity (Wildman–Crippen MR) is 124 cm³/mol. The van der Waals surface area contributed by atoms with E-state index in [-0.39, 0.29) is 0 Å². The first kappa shape index (κ1) is 27.7. The zero-order chi connectivity index (χ0) is 21.0. The molecule has 0 spiro atoms. The zero-order valence-electron chi connectivity index (χ0n) is 19.5. The van der Waals surface area contributed by atoms with Crippen molar-refractivity contribution in [2.24, 2.45) is 17.7 Å². The molecule has 0 amide bonds. The molecule has 0 aliphatic heterocycles. The number of hydrogen-bond donors (Lipinski definition) is 5. The van der Waals surface area contributed by atoms with Crippen LogP contribution in [-0.4, -0.2) is 94.9 Å². The van der Waals surface area contributed by atoms with E-state index < -0.39 is 0 Å². The highest BCUT2D eigenvalue weighted by molar-refractivity contribution is 4.68. The van der Waals surface area contributed by atoms with Crippen molar-refractivity contribution >= 4 is 0 Å². The molecular formula is C21H51N7. The van der Waals surface area contributed by atoms with Gasteiger partial charge in [0.1, 0.15) is 0 Å². The topological polar surface area (TPSA) is 80.6 Å². The molecule has 170 valence electrons. The molecule has 0 aromatic carbocycles. The van der Waals surface area contributed by atoms with Crippen LogP contribution in [0.3, 0.4) is 0 Å². The first-order chi connectivity index (χ1) is 13.5. The quantitative estimate of drug-likeness (QED) is 0.109. The Hall–Kier alpha value is -0.280. The average molecular weight is 402 g/mol. The van der Waals surface area contributed by atoms with Crippen LogP contribution in [0, 0.1) is 11.8 Å². The van der Waals surface area contributed by atoms with Crippen molar-refractivity contribution < 1.29 is 0 Å². The smallest absolute Gasteiger partial charge is 0.0223 e. The van der Waals surface area contributed by atoms with E-state index in [2.05, 4.69) is 65.8 Å². The fourth-order valence-electron chi connectivity index (χ4n) is 3.12. The lowest BCUT2D eigenvalue weighted by Crippen LogP contribution is -2.44. The van der Waals surface area contributed by atoms with E-state index in [4.69, 9.17) is 5.84 Å². The third-order valence-electron chi connectivity index (χ3n) is 4.60. The minimum absolute atomic E-state index is 0.693. The Morgan fingerprint density at radius 1 is 0.643 bits per heavy atom. The van der Waals surface area contributed by atoms with Gasteiger partial charge in [0.2, 0.25) is 0 Å². The van der Waals surface area contributed by atoms with Gasteiger partial charge in [0.05, 0.1) is 0 Å². The lowest BCUT2D eigenvalue weighted by molar-refractivity contribution is 0.190. The van der Waals surface area contributed by atoms with E-state index >= 15 is 0 Å². The van der Waals surface area contributed by atoms with Crippen LogP contribution in [0.4, 0.5) is 0 Å². The Morgan fingerprint density at radius 3 is 1.79 bits per heavy atom. The van der Waals surface area contributed by atoms with Crippen LogP contribution in [0.5, 0.6) is 0 Å². The molecule has 7 nitrogen and oxygen atoms in total. The maximum absolute atomic E-state index is 5.33. The molecule has 0 atom stereocenters. The Kier molecular flexibility index (Phi) is 19.8. The van der Waals surface area contributed by atoms with Crippen molar-refractivity contribution in [3.05, 3.63) is 0 Å². The lowest BCUT2D eigenvalue weighted by atomic mass is 10.2. The molecule has 6 N–H and O–H groups in total. The molecular weight excluding hydrogens is 350 g/mol. The van der Waals surface area contributed by atoms with Gasteiger partial charge in [-0.1, -0.05) is 34.6 Å². The Labute approximate surface area is 175 Å². The summed E-state index contributed by atoms with van der Waals surface area (Å²) in [5, 5.41) is 10.6. The summed E-state index contributed by atoms with van der Waals surface area (Å²) in [6, 6.07) is 0. The predicted octanol–water partition coefficient (Wildman–Crippen LogP) is 0.545. The summed E-state index contributed by atoms with van der Waals surface area (Å²) >= 11 is 0. The highest BCUT2D eigenvalue weighted by Gasteiger charge is 2.11. The summed E-state index contributed by atoms with van der Waals surface area (Å²) < 4.78 is 0. The number of hydrazine groups is 1. The van der Waals surface area contributed by atoms with E-state index in [1.165, 1.54) is 6.42 Å². The van der Waals surface area contributed by atoms with Gasteiger partial charge in [-0.25, -0.2) is 0 Å².